The predicted octanol–water partition coefficient (Wildman–Crippen LogP) is 1.86. The molecule has 3 rings (SSSR count). The Hall–Kier alpha value is -2.08. The first-order chi connectivity index (χ1) is 8.16. The Labute approximate surface area is 101 Å². The minimum absolute atomic E-state index is 0.101. The first-order valence-electron chi connectivity index (χ1n) is 4.86. The molecule has 6 nitrogen and oxygen atoms in total. The normalized spacial score (nSPS) is 11.2. The number of fused-ring (bicyclic) bond motifs is 1. The molecule has 0 saturated carbocycles. The second kappa shape index (κ2) is 3.46. The van der Waals surface area contributed by atoms with Crippen molar-refractivity contribution in [3.63, 3.8) is 0 Å². The van der Waals surface area contributed by atoms with E-state index in [0.717, 1.165) is 0 Å². The lowest BCUT2D eigenvalue weighted by atomic mass is 10.4. The van der Waals surface area contributed by atoms with E-state index in [-0.39, 0.29) is 11.1 Å². The fourth-order valence-corrected chi connectivity index (χ4v) is 1.85. The number of aromatic nitrogens is 4. The third kappa shape index (κ3) is 1.45. The average Bonchev–Trinajstić information content (AvgIpc) is 2.87. The quantitative estimate of drug-likeness (QED) is 0.666. The molecule has 0 unspecified atom stereocenters. The molecule has 17 heavy (non-hydrogen) atoms. The molecular formula is C10H8ClN5O. The van der Waals surface area contributed by atoms with Gasteiger partial charge in [0, 0.05) is 7.05 Å². The number of nitrogens with two attached hydrogens (primary N) is 1. The molecule has 0 aliphatic rings. The van der Waals surface area contributed by atoms with Gasteiger partial charge in [-0.15, -0.1) is 0 Å². The van der Waals surface area contributed by atoms with Crippen LogP contribution in [0.3, 0.4) is 0 Å². The van der Waals surface area contributed by atoms with Gasteiger partial charge in [0.05, 0.1) is 6.26 Å². The minimum atomic E-state index is 0.101. The van der Waals surface area contributed by atoms with Crippen molar-refractivity contribution >= 4 is 28.6 Å². The van der Waals surface area contributed by atoms with Crippen LogP contribution in [0.4, 0.5) is 5.82 Å². The number of imidazole rings is 1. The summed E-state index contributed by atoms with van der Waals surface area (Å²) < 4.78 is 7.06. The van der Waals surface area contributed by atoms with Gasteiger partial charge in [-0.05, 0) is 23.7 Å². The Bertz CT molecular complexity index is 688. The maximum atomic E-state index is 5.76. The molecule has 0 spiro atoms. The summed E-state index contributed by atoms with van der Waals surface area (Å²) in [5.41, 5.74) is 6.85. The van der Waals surface area contributed by atoms with E-state index in [1.807, 2.05) is 13.1 Å². The van der Waals surface area contributed by atoms with Gasteiger partial charge in [0.15, 0.2) is 28.6 Å². The summed E-state index contributed by atoms with van der Waals surface area (Å²) in [6.45, 7) is 0. The third-order valence-electron chi connectivity index (χ3n) is 2.46. The zero-order chi connectivity index (χ0) is 12.0. The Morgan fingerprint density at radius 1 is 1.35 bits per heavy atom. The van der Waals surface area contributed by atoms with E-state index < -0.39 is 0 Å². The van der Waals surface area contributed by atoms with Gasteiger partial charge in [0.1, 0.15) is 0 Å². The molecule has 7 heteroatoms. The summed E-state index contributed by atoms with van der Waals surface area (Å²) in [5, 5.41) is 0.101. The summed E-state index contributed by atoms with van der Waals surface area (Å²) in [4.78, 5) is 12.3. The fourth-order valence-electron chi connectivity index (χ4n) is 1.68. The SMILES string of the molecule is Cn1c(-c2ccco2)nc2c(N)nc(Cl)nc21. The van der Waals surface area contributed by atoms with Gasteiger partial charge >= 0.3 is 0 Å². The standard InChI is InChI=1S/C10H8ClN5O/c1-16-8(5-3-2-4-17-5)13-6-7(12)14-10(11)15-9(6)16/h2-4H,1H3,(H2,12,14,15). The minimum Gasteiger partial charge on any atom is -0.461 e. The Morgan fingerprint density at radius 3 is 2.88 bits per heavy atom. The molecule has 0 aliphatic carbocycles. The van der Waals surface area contributed by atoms with Crippen LogP contribution in [0.25, 0.3) is 22.7 Å². The molecule has 86 valence electrons. The number of hydrogen-bond acceptors (Lipinski definition) is 5. The van der Waals surface area contributed by atoms with Gasteiger partial charge in [-0.1, -0.05) is 0 Å². The highest BCUT2D eigenvalue weighted by Crippen LogP contribution is 2.25. The summed E-state index contributed by atoms with van der Waals surface area (Å²) in [5.74, 6) is 1.53. The molecular weight excluding hydrogens is 242 g/mol. The first-order valence-corrected chi connectivity index (χ1v) is 5.24. The van der Waals surface area contributed by atoms with E-state index >= 15 is 0 Å². The van der Waals surface area contributed by atoms with Crippen LogP contribution in [0.15, 0.2) is 22.8 Å². The maximum absolute atomic E-state index is 5.76. The number of halogens is 1. The van der Waals surface area contributed by atoms with Gasteiger partial charge in [0.25, 0.3) is 0 Å². The molecule has 0 atom stereocenters. The lowest BCUT2D eigenvalue weighted by Gasteiger charge is -1.98. The summed E-state index contributed by atoms with van der Waals surface area (Å²) in [6, 6.07) is 3.60. The molecule has 0 fully saturated rings. The van der Waals surface area contributed by atoms with E-state index in [0.29, 0.717) is 22.7 Å². The van der Waals surface area contributed by atoms with Crippen LogP contribution in [0, 0.1) is 0 Å². The smallest absolute Gasteiger partial charge is 0.226 e. The molecule has 3 heterocycles. The molecule has 0 saturated heterocycles. The van der Waals surface area contributed by atoms with Crippen LogP contribution in [0.2, 0.25) is 5.28 Å². The lowest BCUT2D eigenvalue weighted by Crippen LogP contribution is -1.97. The number of furan rings is 1. The number of anilines is 1. The number of rotatable bonds is 1. The van der Waals surface area contributed by atoms with Crippen molar-refractivity contribution in [2.24, 2.45) is 7.05 Å². The van der Waals surface area contributed by atoms with E-state index in [1.165, 1.54) is 0 Å². The molecule has 3 aromatic heterocycles. The monoisotopic (exact) mass is 249 g/mol. The number of aryl methyl sites for hydroxylation is 1. The molecule has 3 aromatic rings. The topological polar surface area (TPSA) is 82.8 Å². The lowest BCUT2D eigenvalue weighted by molar-refractivity contribution is 0.574. The van der Waals surface area contributed by atoms with Crippen molar-refractivity contribution < 1.29 is 4.42 Å². The molecule has 2 N–H and O–H groups in total. The van der Waals surface area contributed by atoms with Crippen LogP contribution in [-0.2, 0) is 7.05 Å². The Kier molecular flexibility index (Phi) is 2.05. The highest BCUT2D eigenvalue weighted by molar-refractivity contribution is 6.28. The van der Waals surface area contributed by atoms with Gasteiger partial charge in [-0.2, -0.15) is 9.97 Å². The zero-order valence-electron chi connectivity index (χ0n) is 8.88. The van der Waals surface area contributed by atoms with Crippen LogP contribution < -0.4 is 5.73 Å². The van der Waals surface area contributed by atoms with E-state index in [1.54, 1.807) is 16.9 Å². The van der Waals surface area contributed by atoms with Crippen molar-refractivity contribution in [1.82, 2.24) is 19.5 Å². The number of nitrogens with zero attached hydrogens (tertiary/aromatic N) is 4. The van der Waals surface area contributed by atoms with Crippen molar-refractivity contribution in [1.29, 1.82) is 0 Å². The van der Waals surface area contributed by atoms with Crippen molar-refractivity contribution in [2.75, 3.05) is 5.73 Å². The number of nitrogen functional groups attached to an aromatic ring is 1. The molecule has 0 aromatic carbocycles. The van der Waals surface area contributed by atoms with Crippen LogP contribution in [0.5, 0.6) is 0 Å². The van der Waals surface area contributed by atoms with Crippen molar-refractivity contribution in [3.05, 3.63) is 23.7 Å². The first kappa shape index (κ1) is 10.1. The van der Waals surface area contributed by atoms with Crippen molar-refractivity contribution in [2.45, 2.75) is 0 Å². The summed E-state index contributed by atoms with van der Waals surface area (Å²) >= 11 is 5.76. The Balaban J connectivity index is 2.36. The highest BCUT2D eigenvalue weighted by atomic mass is 35.5. The zero-order valence-corrected chi connectivity index (χ0v) is 9.64. The van der Waals surface area contributed by atoms with E-state index in [2.05, 4.69) is 15.0 Å². The predicted molar refractivity (Wildman–Crippen MR) is 63.4 cm³/mol. The highest BCUT2D eigenvalue weighted by Gasteiger charge is 2.16. The van der Waals surface area contributed by atoms with Gasteiger partial charge in [-0.25, -0.2) is 4.98 Å². The maximum Gasteiger partial charge on any atom is 0.226 e. The van der Waals surface area contributed by atoms with Crippen LogP contribution in [0.1, 0.15) is 0 Å². The fraction of sp³-hybridized carbons (Fsp3) is 0.100. The molecule has 0 aliphatic heterocycles. The molecule has 0 radical (unpaired) electrons. The number of hydrogen-bond donors (Lipinski definition) is 1. The van der Waals surface area contributed by atoms with Gasteiger partial charge in [-0.3, -0.25) is 0 Å². The molecule has 0 amide bonds. The average molecular weight is 250 g/mol. The summed E-state index contributed by atoms with van der Waals surface area (Å²) in [6.07, 6.45) is 1.58. The molecule has 0 bridgehead atoms. The Morgan fingerprint density at radius 2 is 2.18 bits per heavy atom. The van der Waals surface area contributed by atoms with Crippen LogP contribution in [-0.4, -0.2) is 19.5 Å². The van der Waals surface area contributed by atoms with Crippen molar-refractivity contribution in [3.8, 4) is 11.6 Å². The van der Waals surface area contributed by atoms with Crippen LogP contribution >= 0.6 is 11.6 Å². The van der Waals surface area contributed by atoms with Gasteiger partial charge in [0.2, 0.25) is 5.28 Å². The second-order valence-corrected chi connectivity index (χ2v) is 3.86. The van der Waals surface area contributed by atoms with Gasteiger partial charge < -0.3 is 14.7 Å². The largest absolute Gasteiger partial charge is 0.461 e. The van der Waals surface area contributed by atoms with E-state index in [9.17, 15) is 0 Å². The van der Waals surface area contributed by atoms with E-state index in [4.69, 9.17) is 21.8 Å². The third-order valence-corrected chi connectivity index (χ3v) is 2.63. The summed E-state index contributed by atoms with van der Waals surface area (Å²) in [7, 11) is 1.82. The second-order valence-electron chi connectivity index (χ2n) is 3.52.